The lowest BCUT2D eigenvalue weighted by Crippen LogP contribution is -2.21. The summed E-state index contributed by atoms with van der Waals surface area (Å²) in [7, 11) is 0. The smallest absolute Gasteiger partial charge is 0.00707 e. The van der Waals surface area contributed by atoms with Gasteiger partial charge in [0.05, 0.1) is 0 Å². The van der Waals surface area contributed by atoms with Gasteiger partial charge in [0.1, 0.15) is 0 Å². The molecule has 0 heteroatoms. The summed E-state index contributed by atoms with van der Waals surface area (Å²) in [4.78, 5) is 0. The molecule has 0 saturated carbocycles. The predicted octanol–water partition coefficient (Wildman–Crippen LogP) is 8.98. The van der Waals surface area contributed by atoms with E-state index in [9.17, 15) is 0 Å². The van der Waals surface area contributed by atoms with Crippen LogP contribution in [0.3, 0.4) is 0 Å². The molecule has 0 aliphatic heterocycles. The van der Waals surface area contributed by atoms with Crippen LogP contribution in [0.4, 0.5) is 0 Å². The van der Waals surface area contributed by atoms with Crippen LogP contribution in [0.25, 0.3) is 11.1 Å². The highest BCUT2D eigenvalue weighted by molar-refractivity contribution is 6.05. The standard InChI is InChI=1S/C36H32/c1-5-13-27(14-6-1)25-31-21-23-33(31)35(29-17-9-3-10-18-29)36(30-19-11-4-12-20-30)34-24-22-32(34)26-28-15-7-2-8-16-28/h1-20,23-24,31-32H,21-22,25-26H2. The van der Waals surface area contributed by atoms with Gasteiger partial charge in [-0.2, -0.15) is 0 Å². The Labute approximate surface area is 215 Å². The molecule has 4 aromatic rings. The van der Waals surface area contributed by atoms with Crippen LogP contribution in [-0.4, -0.2) is 0 Å². The Morgan fingerprint density at radius 1 is 0.444 bits per heavy atom. The van der Waals surface area contributed by atoms with E-state index < -0.39 is 0 Å². The Bertz CT molecular complexity index is 1280. The summed E-state index contributed by atoms with van der Waals surface area (Å²) in [6, 6.07) is 44.1. The van der Waals surface area contributed by atoms with E-state index in [1.165, 1.54) is 44.5 Å². The van der Waals surface area contributed by atoms with E-state index in [4.69, 9.17) is 0 Å². The average molecular weight is 465 g/mol. The van der Waals surface area contributed by atoms with Crippen molar-refractivity contribution in [2.75, 3.05) is 0 Å². The van der Waals surface area contributed by atoms with Crippen LogP contribution in [0, 0.1) is 11.8 Å². The fourth-order valence-corrected chi connectivity index (χ4v) is 5.72. The Hall–Kier alpha value is -3.90. The molecule has 0 spiro atoms. The van der Waals surface area contributed by atoms with Crippen LogP contribution in [0.1, 0.15) is 35.1 Å². The fourth-order valence-electron chi connectivity index (χ4n) is 5.72. The molecule has 0 amide bonds. The SMILES string of the molecule is C1=C(C(=C(C2=CCC2Cc2ccccc2)c2ccccc2)c2ccccc2)C(Cc2ccccc2)C1. The third kappa shape index (κ3) is 4.64. The molecule has 0 N–H and O–H groups in total. The van der Waals surface area contributed by atoms with Gasteiger partial charge in [0.15, 0.2) is 0 Å². The molecule has 2 unspecified atom stereocenters. The second-order valence-electron chi connectivity index (χ2n) is 10.0. The van der Waals surface area contributed by atoms with E-state index in [0.717, 1.165) is 25.7 Å². The van der Waals surface area contributed by atoms with Crippen LogP contribution in [0.15, 0.2) is 145 Å². The van der Waals surface area contributed by atoms with Crippen LogP contribution in [0.5, 0.6) is 0 Å². The summed E-state index contributed by atoms with van der Waals surface area (Å²) in [6.45, 7) is 0. The topological polar surface area (TPSA) is 0 Å². The van der Waals surface area contributed by atoms with Crippen molar-refractivity contribution >= 4 is 11.1 Å². The Kier molecular flexibility index (Phi) is 6.50. The van der Waals surface area contributed by atoms with Gasteiger partial charge in [-0.3, -0.25) is 0 Å². The normalized spacial score (nSPS) is 19.3. The van der Waals surface area contributed by atoms with Gasteiger partial charge in [-0.05, 0) is 82.1 Å². The zero-order chi connectivity index (χ0) is 24.2. The molecule has 4 aromatic carbocycles. The summed E-state index contributed by atoms with van der Waals surface area (Å²) in [5.74, 6) is 1.10. The molecular weight excluding hydrogens is 432 g/mol. The van der Waals surface area contributed by atoms with Gasteiger partial charge in [0, 0.05) is 0 Å². The Morgan fingerprint density at radius 3 is 1.08 bits per heavy atom. The second kappa shape index (κ2) is 10.4. The maximum Gasteiger partial charge on any atom is -0.00707 e. The van der Waals surface area contributed by atoms with Gasteiger partial charge in [-0.1, -0.05) is 133 Å². The molecule has 6 rings (SSSR count). The first-order chi connectivity index (χ1) is 17.9. The molecule has 0 saturated heterocycles. The van der Waals surface area contributed by atoms with E-state index in [0.29, 0.717) is 11.8 Å². The summed E-state index contributed by atoms with van der Waals surface area (Å²) >= 11 is 0. The summed E-state index contributed by atoms with van der Waals surface area (Å²) in [6.07, 6.45) is 9.44. The zero-order valence-electron chi connectivity index (χ0n) is 20.7. The maximum absolute atomic E-state index is 2.48. The van der Waals surface area contributed by atoms with E-state index in [-0.39, 0.29) is 0 Å². The van der Waals surface area contributed by atoms with E-state index in [1.807, 2.05) is 0 Å². The molecular formula is C36H32. The van der Waals surface area contributed by atoms with E-state index in [1.54, 1.807) is 0 Å². The molecule has 0 bridgehead atoms. The van der Waals surface area contributed by atoms with Gasteiger partial charge >= 0.3 is 0 Å². The van der Waals surface area contributed by atoms with Crippen molar-refractivity contribution in [2.24, 2.45) is 11.8 Å². The minimum absolute atomic E-state index is 0.551. The molecule has 2 aliphatic rings. The molecule has 2 atom stereocenters. The van der Waals surface area contributed by atoms with Crippen molar-refractivity contribution < 1.29 is 0 Å². The third-order valence-corrected chi connectivity index (χ3v) is 7.73. The molecule has 0 heterocycles. The molecule has 0 aromatic heterocycles. The number of rotatable bonds is 8. The van der Waals surface area contributed by atoms with Crippen molar-refractivity contribution in [3.63, 3.8) is 0 Å². The third-order valence-electron chi connectivity index (χ3n) is 7.73. The van der Waals surface area contributed by atoms with E-state index >= 15 is 0 Å². The van der Waals surface area contributed by atoms with Crippen LogP contribution in [0.2, 0.25) is 0 Å². The van der Waals surface area contributed by atoms with Crippen LogP contribution in [-0.2, 0) is 12.8 Å². The Morgan fingerprint density at radius 2 is 0.778 bits per heavy atom. The van der Waals surface area contributed by atoms with Gasteiger partial charge in [-0.15, -0.1) is 0 Å². The van der Waals surface area contributed by atoms with Gasteiger partial charge in [0.25, 0.3) is 0 Å². The second-order valence-corrected chi connectivity index (χ2v) is 10.0. The Balaban J connectivity index is 1.45. The van der Waals surface area contributed by atoms with Crippen LogP contribution < -0.4 is 0 Å². The van der Waals surface area contributed by atoms with Gasteiger partial charge in [-0.25, -0.2) is 0 Å². The monoisotopic (exact) mass is 464 g/mol. The predicted molar refractivity (Wildman–Crippen MR) is 152 cm³/mol. The van der Waals surface area contributed by atoms with Gasteiger partial charge in [0.2, 0.25) is 0 Å². The molecule has 36 heavy (non-hydrogen) atoms. The van der Waals surface area contributed by atoms with Crippen molar-refractivity contribution in [1.82, 2.24) is 0 Å². The van der Waals surface area contributed by atoms with Gasteiger partial charge < -0.3 is 0 Å². The number of hydrogen-bond acceptors (Lipinski definition) is 0. The van der Waals surface area contributed by atoms with E-state index in [2.05, 4.69) is 133 Å². The minimum atomic E-state index is 0.551. The number of benzene rings is 4. The summed E-state index contributed by atoms with van der Waals surface area (Å²) in [5, 5.41) is 0. The molecule has 176 valence electrons. The average Bonchev–Trinajstić information content (AvgIpc) is 2.93. The lowest BCUT2D eigenvalue weighted by molar-refractivity contribution is 0.574. The molecule has 0 radical (unpaired) electrons. The first kappa shape index (κ1) is 22.6. The van der Waals surface area contributed by atoms with Crippen molar-refractivity contribution in [2.45, 2.75) is 25.7 Å². The largest absolute Gasteiger partial charge is 0.0798 e. The number of allylic oxidation sites excluding steroid dienone is 6. The lowest BCUT2D eigenvalue weighted by Gasteiger charge is -2.36. The summed E-state index contributed by atoms with van der Waals surface area (Å²) < 4.78 is 0. The van der Waals surface area contributed by atoms with Crippen molar-refractivity contribution in [3.05, 3.63) is 167 Å². The molecule has 0 fully saturated rings. The van der Waals surface area contributed by atoms with Crippen LogP contribution >= 0.6 is 0 Å². The highest BCUT2D eigenvalue weighted by Gasteiger charge is 2.32. The minimum Gasteiger partial charge on any atom is -0.0798 e. The molecule has 0 nitrogen and oxygen atoms in total. The first-order valence-electron chi connectivity index (χ1n) is 13.2. The fraction of sp³-hybridized carbons (Fsp3) is 0.167. The summed E-state index contributed by atoms with van der Waals surface area (Å²) in [5.41, 5.74) is 11.4. The molecule has 2 aliphatic carbocycles. The number of hydrogen-bond donors (Lipinski definition) is 0. The van der Waals surface area contributed by atoms with Crippen molar-refractivity contribution in [3.8, 4) is 0 Å². The maximum atomic E-state index is 2.48. The highest BCUT2D eigenvalue weighted by atomic mass is 14.4. The lowest BCUT2D eigenvalue weighted by atomic mass is 9.68. The highest BCUT2D eigenvalue weighted by Crippen LogP contribution is 2.49. The zero-order valence-corrected chi connectivity index (χ0v) is 20.7. The van der Waals surface area contributed by atoms with Crippen molar-refractivity contribution in [1.29, 1.82) is 0 Å². The quantitative estimate of drug-likeness (QED) is 0.228. The first-order valence-corrected chi connectivity index (χ1v) is 13.2.